The van der Waals surface area contributed by atoms with Gasteiger partial charge in [-0.15, -0.1) is 11.8 Å². The summed E-state index contributed by atoms with van der Waals surface area (Å²) in [6.45, 7) is 5.64. The third-order valence-corrected chi connectivity index (χ3v) is 2.93. The molecule has 0 rings (SSSR count). The van der Waals surface area contributed by atoms with Crippen molar-refractivity contribution in [3.05, 3.63) is 12.7 Å². The molecule has 0 spiro atoms. The zero-order chi connectivity index (χ0) is 9.40. The van der Waals surface area contributed by atoms with E-state index in [0.717, 1.165) is 17.5 Å². The number of thiocarbonyl (C=S) groups is 1. The molecule has 0 radical (unpaired) electrons. The first-order valence-electron chi connectivity index (χ1n) is 3.33. The van der Waals surface area contributed by atoms with Gasteiger partial charge in [-0.1, -0.05) is 31.8 Å². The van der Waals surface area contributed by atoms with Crippen LogP contribution in [0.2, 0.25) is 0 Å². The Kier molecular flexibility index (Phi) is 7.64. The molecule has 0 aliphatic carbocycles. The van der Waals surface area contributed by atoms with Gasteiger partial charge in [0.1, 0.15) is 10.1 Å². The molecule has 0 saturated carbocycles. The second kappa shape index (κ2) is 7.64. The highest BCUT2D eigenvalue weighted by Crippen LogP contribution is 2.18. The number of carbonyl (C=O) groups is 1. The van der Waals surface area contributed by atoms with Gasteiger partial charge >= 0.3 is 5.30 Å². The Bertz CT molecular complexity index is 179. The predicted octanol–water partition coefficient (Wildman–Crippen LogP) is 3.08. The lowest BCUT2D eigenvalue weighted by Crippen LogP contribution is -1.99. The summed E-state index contributed by atoms with van der Waals surface area (Å²) >= 11 is 7.29. The molecule has 0 bridgehead atoms. The van der Waals surface area contributed by atoms with Gasteiger partial charge in [-0.05, 0) is 5.75 Å². The van der Waals surface area contributed by atoms with Gasteiger partial charge in [-0.2, -0.15) is 0 Å². The lowest BCUT2D eigenvalue weighted by Gasteiger charge is -2.00. The minimum atomic E-state index is -0.360. The third kappa shape index (κ3) is 6.69. The van der Waals surface area contributed by atoms with Crippen molar-refractivity contribution in [2.24, 2.45) is 0 Å². The van der Waals surface area contributed by atoms with E-state index >= 15 is 0 Å². The Morgan fingerprint density at radius 1 is 1.75 bits per heavy atom. The number of thioether (sulfide) groups is 2. The first-order valence-corrected chi connectivity index (χ1v) is 5.54. The van der Waals surface area contributed by atoms with Crippen LogP contribution in [0.25, 0.3) is 0 Å². The summed E-state index contributed by atoms with van der Waals surface area (Å²) in [6, 6.07) is 0. The maximum absolute atomic E-state index is 10.9. The Morgan fingerprint density at radius 3 is 2.92 bits per heavy atom. The SMILES string of the molecule is C=CCOC(=O)SC(=S)SCC. The van der Waals surface area contributed by atoms with Crippen LogP contribution in [0.15, 0.2) is 12.7 Å². The van der Waals surface area contributed by atoms with E-state index in [1.54, 1.807) is 0 Å². The molecule has 0 aromatic carbocycles. The lowest BCUT2D eigenvalue weighted by molar-refractivity contribution is 0.188. The Labute approximate surface area is 86.1 Å². The van der Waals surface area contributed by atoms with Gasteiger partial charge in [0.15, 0.2) is 0 Å². The van der Waals surface area contributed by atoms with E-state index < -0.39 is 0 Å². The van der Waals surface area contributed by atoms with Gasteiger partial charge < -0.3 is 4.74 Å². The summed E-state index contributed by atoms with van der Waals surface area (Å²) < 4.78 is 5.32. The van der Waals surface area contributed by atoms with Crippen LogP contribution >= 0.6 is 35.7 Å². The highest BCUT2D eigenvalue weighted by molar-refractivity contribution is 8.51. The normalized spacial score (nSPS) is 9.08. The minimum absolute atomic E-state index is 0.241. The summed E-state index contributed by atoms with van der Waals surface area (Å²) in [5, 5.41) is -0.360. The number of hydrogen-bond acceptors (Lipinski definition) is 5. The second-order valence-corrected chi connectivity index (χ2v) is 5.04. The topological polar surface area (TPSA) is 26.3 Å². The van der Waals surface area contributed by atoms with E-state index in [1.165, 1.54) is 17.8 Å². The first-order chi connectivity index (χ1) is 5.70. The monoisotopic (exact) mass is 222 g/mol. The van der Waals surface area contributed by atoms with Gasteiger partial charge in [-0.3, -0.25) is 0 Å². The molecule has 68 valence electrons. The van der Waals surface area contributed by atoms with Crippen LogP contribution in [-0.2, 0) is 4.74 Å². The maximum Gasteiger partial charge on any atom is 0.373 e. The van der Waals surface area contributed by atoms with Crippen LogP contribution in [0.1, 0.15) is 6.92 Å². The molecule has 0 amide bonds. The van der Waals surface area contributed by atoms with Gasteiger partial charge in [0, 0.05) is 11.8 Å². The lowest BCUT2D eigenvalue weighted by atomic mass is 10.7. The molecular weight excluding hydrogens is 212 g/mol. The third-order valence-electron chi connectivity index (χ3n) is 0.748. The molecule has 2 nitrogen and oxygen atoms in total. The zero-order valence-electron chi connectivity index (χ0n) is 6.74. The van der Waals surface area contributed by atoms with Gasteiger partial charge in [0.05, 0.1) is 0 Å². The van der Waals surface area contributed by atoms with Crippen molar-refractivity contribution < 1.29 is 9.53 Å². The Hall–Kier alpha value is -0.000000000000000111. The van der Waals surface area contributed by atoms with Crippen LogP contribution in [0, 0.1) is 0 Å². The highest BCUT2D eigenvalue weighted by Gasteiger charge is 2.06. The van der Waals surface area contributed by atoms with Crippen LogP contribution in [0.4, 0.5) is 4.79 Å². The van der Waals surface area contributed by atoms with Gasteiger partial charge in [-0.25, -0.2) is 4.79 Å². The first kappa shape index (κ1) is 12.0. The fraction of sp³-hybridized carbons (Fsp3) is 0.429. The molecular formula is C7H10O2S3. The van der Waals surface area contributed by atoms with Gasteiger partial charge in [0.25, 0.3) is 0 Å². The number of carbonyl (C=O) groups excluding carboxylic acids is 1. The molecule has 0 aromatic rings. The van der Waals surface area contributed by atoms with E-state index in [-0.39, 0.29) is 11.9 Å². The molecule has 0 unspecified atom stereocenters. The van der Waals surface area contributed by atoms with E-state index in [0.29, 0.717) is 3.53 Å². The van der Waals surface area contributed by atoms with Crippen molar-refractivity contribution in [2.45, 2.75) is 6.92 Å². The van der Waals surface area contributed by atoms with Crippen molar-refractivity contribution in [3.63, 3.8) is 0 Å². The molecule has 0 atom stereocenters. The molecule has 0 saturated heterocycles. The summed E-state index contributed by atoms with van der Waals surface area (Å²) in [7, 11) is 0. The van der Waals surface area contributed by atoms with Crippen molar-refractivity contribution in [2.75, 3.05) is 12.4 Å². The van der Waals surface area contributed by atoms with Crippen molar-refractivity contribution in [1.29, 1.82) is 0 Å². The van der Waals surface area contributed by atoms with Crippen molar-refractivity contribution in [1.82, 2.24) is 0 Å². The molecule has 0 aromatic heterocycles. The quantitative estimate of drug-likeness (QED) is 0.415. The molecule has 0 aliphatic rings. The molecule has 0 heterocycles. The summed E-state index contributed by atoms with van der Waals surface area (Å²) in [5.41, 5.74) is 0. The minimum Gasteiger partial charge on any atom is -0.453 e. The van der Waals surface area contributed by atoms with E-state index in [1.807, 2.05) is 6.92 Å². The second-order valence-electron chi connectivity index (χ2n) is 1.63. The largest absolute Gasteiger partial charge is 0.453 e. The fourth-order valence-electron chi connectivity index (χ4n) is 0.372. The molecule has 5 heteroatoms. The van der Waals surface area contributed by atoms with Gasteiger partial charge in [0.2, 0.25) is 0 Å². The molecule has 12 heavy (non-hydrogen) atoms. The molecule has 0 N–H and O–H groups in total. The summed E-state index contributed by atoms with van der Waals surface area (Å²) in [4.78, 5) is 10.9. The van der Waals surface area contributed by atoms with Crippen LogP contribution in [0.3, 0.4) is 0 Å². The van der Waals surface area contributed by atoms with E-state index in [4.69, 9.17) is 17.0 Å². The standard InChI is InChI=1S/C7H10O2S3/c1-3-5-9-6(8)12-7(10)11-4-2/h3H,1,4-5H2,2H3. The van der Waals surface area contributed by atoms with E-state index in [9.17, 15) is 4.79 Å². The van der Waals surface area contributed by atoms with Crippen molar-refractivity contribution in [3.8, 4) is 0 Å². The Balaban J connectivity index is 3.54. The molecule has 0 aliphatic heterocycles. The highest BCUT2D eigenvalue weighted by atomic mass is 32.2. The number of ether oxygens (including phenoxy) is 1. The smallest absolute Gasteiger partial charge is 0.373 e. The predicted molar refractivity (Wildman–Crippen MR) is 59.9 cm³/mol. The average Bonchev–Trinajstić information content (AvgIpc) is 2.01. The number of hydrogen-bond donors (Lipinski definition) is 0. The summed E-state index contributed by atoms with van der Waals surface area (Å²) in [5.74, 6) is 0.876. The zero-order valence-corrected chi connectivity index (χ0v) is 9.19. The number of rotatable bonds is 3. The van der Waals surface area contributed by atoms with Crippen molar-refractivity contribution >= 4 is 44.6 Å². The van der Waals surface area contributed by atoms with Crippen LogP contribution < -0.4 is 0 Å². The Morgan fingerprint density at radius 2 is 2.42 bits per heavy atom. The van der Waals surface area contributed by atoms with E-state index in [2.05, 4.69) is 6.58 Å². The summed E-state index contributed by atoms with van der Waals surface area (Å²) in [6.07, 6.45) is 1.52. The maximum atomic E-state index is 10.9. The van der Waals surface area contributed by atoms with Crippen LogP contribution in [-0.4, -0.2) is 21.2 Å². The fourth-order valence-corrected chi connectivity index (χ4v) is 2.22. The van der Waals surface area contributed by atoms with Crippen LogP contribution in [0.5, 0.6) is 0 Å². The average molecular weight is 222 g/mol. The molecule has 0 fully saturated rings.